The fourth-order valence-corrected chi connectivity index (χ4v) is 5.40. The number of Topliss-reactive ketones (excluding diaryl/α,β-unsaturated/α-hetero) is 1. The van der Waals surface area contributed by atoms with Crippen LogP contribution in [-0.2, 0) is 9.59 Å². The highest BCUT2D eigenvalue weighted by molar-refractivity contribution is 7.22. The van der Waals surface area contributed by atoms with Crippen LogP contribution in [0.15, 0.2) is 72.3 Å². The van der Waals surface area contributed by atoms with Gasteiger partial charge in [-0.1, -0.05) is 35.1 Å². The number of anilines is 1. The van der Waals surface area contributed by atoms with E-state index in [0.717, 1.165) is 4.70 Å². The van der Waals surface area contributed by atoms with Gasteiger partial charge in [0.15, 0.2) is 5.13 Å². The highest BCUT2D eigenvalue weighted by atomic mass is 35.5. The van der Waals surface area contributed by atoms with E-state index in [1.807, 2.05) is 13.0 Å². The molecule has 182 valence electrons. The summed E-state index contributed by atoms with van der Waals surface area (Å²) in [6, 6.07) is 18.0. The smallest absolute Gasteiger partial charge is 0.301 e. The third kappa shape index (κ3) is 4.19. The van der Waals surface area contributed by atoms with Crippen LogP contribution in [0.3, 0.4) is 0 Å². The van der Waals surface area contributed by atoms with Crippen LogP contribution >= 0.6 is 22.9 Å². The van der Waals surface area contributed by atoms with Gasteiger partial charge in [0.05, 0.1) is 35.5 Å². The number of rotatable bonds is 6. The number of aliphatic hydroxyl groups excluding tert-OH is 1. The maximum Gasteiger partial charge on any atom is 0.301 e. The summed E-state index contributed by atoms with van der Waals surface area (Å²) in [5.41, 5.74) is 1.58. The van der Waals surface area contributed by atoms with Crippen LogP contribution in [0.5, 0.6) is 11.5 Å². The Morgan fingerprint density at radius 1 is 1.08 bits per heavy atom. The molecule has 0 radical (unpaired) electrons. The van der Waals surface area contributed by atoms with E-state index in [4.69, 9.17) is 21.1 Å². The monoisotopic (exact) mass is 520 g/mol. The van der Waals surface area contributed by atoms with Crippen molar-refractivity contribution < 1.29 is 24.2 Å². The summed E-state index contributed by atoms with van der Waals surface area (Å²) in [6.45, 7) is 2.37. The Labute approximate surface area is 216 Å². The molecule has 1 unspecified atom stereocenters. The van der Waals surface area contributed by atoms with Gasteiger partial charge in [-0.05, 0) is 67.1 Å². The lowest BCUT2D eigenvalue weighted by Crippen LogP contribution is -2.29. The zero-order chi connectivity index (χ0) is 25.4. The number of ether oxygens (including phenoxy) is 2. The second-order valence-corrected chi connectivity index (χ2v) is 9.46. The number of aromatic nitrogens is 1. The first-order valence-corrected chi connectivity index (χ1v) is 12.3. The number of amides is 1. The number of nitrogens with zero attached hydrogens (tertiary/aromatic N) is 2. The van der Waals surface area contributed by atoms with Crippen molar-refractivity contribution in [1.82, 2.24) is 4.98 Å². The molecule has 3 aromatic carbocycles. The van der Waals surface area contributed by atoms with Gasteiger partial charge in [-0.3, -0.25) is 14.5 Å². The minimum atomic E-state index is -0.919. The fraction of sp³-hybridized carbons (Fsp3) is 0.148. The minimum Gasteiger partial charge on any atom is -0.507 e. The Morgan fingerprint density at radius 2 is 1.83 bits per heavy atom. The summed E-state index contributed by atoms with van der Waals surface area (Å²) in [5.74, 6) is -0.583. The number of ketones is 1. The van der Waals surface area contributed by atoms with Gasteiger partial charge < -0.3 is 14.6 Å². The standard InChI is InChI=1S/C27H21ClN2O5S/c1-3-35-18-9-7-15(8-10-18)24(31)22-23(16-5-4-6-17(28)13-16)30(26(33)25(22)32)27-29-20-12-11-19(34-2)14-21(20)36-27/h4-14,23,31H,3H2,1-2H3. The number of carbonyl (C=O) groups is 2. The largest absolute Gasteiger partial charge is 0.507 e. The van der Waals surface area contributed by atoms with Crippen LogP contribution in [0.2, 0.25) is 5.02 Å². The van der Waals surface area contributed by atoms with Gasteiger partial charge in [-0.25, -0.2) is 4.98 Å². The molecule has 1 amide bonds. The summed E-state index contributed by atoms with van der Waals surface area (Å²) in [7, 11) is 1.57. The van der Waals surface area contributed by atoms with E-state index in [2.05, 4.69) is 4.98 Å². The average molecular weight is 521 g/mol. The molecular weight excluding hydrogens is 500 g/mol. The van der Waals surface area contributed by atoms with Crippen molar-refractivity contribution in [2.75, 3.05) is 18.6 Å². The minimum absolute atomic E-state index is 0.0386. The van der Waals surface area contributed by atoms with Crippen LogP contribution in [0, 0.1) is 0 Å². The molecule has 4 aromatic rings. The first-order chi connectivity index (χ1) is 17.4. The highest BCUT2D eigenvalue weighted by Crippen LogP contribution is 2.45. The van der Waals surface area contributed by atoms with Gasteiger partial charge >= 0.3 is 5.91 Å². The molecule has 1 fully saturated rings. The number of carbonyl (C=O) groups excluding carboxylic acids is 2. The van der Waals surface area contributed by atoms with Crippen LogP contribution < -0.4 is 14.4 Å². The summed E-state index contributed by atoms with van der Waals surface area (Å²) in [6.07, 6.45) is 0. The SMILES string of the molecule is CCOc1ccc(C(O)=C2C(=O)C(=O)N(c3nc4ccc(OC)cc4s3)C2c2cccc(Cl)c2)cc1. The van der Waals surface area contributed by atoms with Crippen molar-refractivity contribution >= 4 is 55.7 Å². The number of thiazole rings is 1. The van der Waals surface area contributed by atoms with Crippen molar-refractivity contribution in [3.05, 3.63) is 88.5 Å². The Hall–Kier alpha value is -3.88. The number of hydrogen-bond acceptors (Lipinski definition) is 7. The molecular formula is C27H21ClN2O5S. The second kappa shape index (κ2) is 9.64. The molecule has 0 spiro atoms. The molecule has 1 N–H and O–H groups in total. The summed E-state index contributed by atoms with van der Waals surface area (Å²) < 4.78 is 11.6. The molecule has 9 heteroatoms. The van der Waals surface area contributed by atoms with Crippen LogP contribution in [0.1, 0.15) is 24.1 Å². The topological polar surface area (TPSA) is 89.0 Å². The summed E-state index contributed by atoms with van der Waals surface area (Å²) in [4.78, 5) is 32.7. The second-order valence-electron chi connectivity index (χ2n) is 8.01. The van der Waals surface area contributed by atoms with E-state index < -0.39 is 17.7 Å². The Balaban J connectivity index is 1.68. The number of fused-ring (bicyclic) bond motifs is 1. The van der Waals surface area contributed by atoms with Crippen molar-refractivity contribution in [1.29, 1.82) is 0 Å². The van der Waals surface area contributed by atoms with Crippen LogP contribution in [0.4, 0.5) is 5.13 Å². The van der Waals surface area contributed by atoms with Gasteiger partial charge in [0.25, 0.3) is 5.78 Å². The van der Waals surface area contributed by atoms with E-state index in [1.54, 1.807) is 67.8 Å². The number of methoxy groups -OCH3 is 1. The van der Waals surface area contributed by atoms with Gasteiger partial charge in [0.1, 0.15) is 17.3 Å². The Kier molecular flexibility index (Phi) is 6.38. The van der Waals surface area contributed by atoms with Crippen molar-refractivity contribution in [3.63, 3.8) is 0 Å². The predicted octanol–water partition coefficient (Wildman–Crippen LogP) is 5.98. The van der Waals surface area contributed by atoms with Crippen molar-refractivity contribution in [2.45, 2.75) is 13.0 Å². The van der Waals surface area contributed by atoms with Crippen molar-refractivity contribution in [2.24, 2.45) is 0 Å². The molecule has 1 aliphatic heterocycles. The number of halogens is 1. The first kappa shape index (κ1) is 23.8. The molecule has 7 nitrogen and oxygen atoms in total. The van der Waals surface area contributed by atoms with E-state index in [9.17, 15) is 14.7 Å². The zero-order valence-corrected chi connectivity index (χ0v) is 21.0. The predicted molar refractivity (Wildman–Crippen MR) is 140 cm³/mol. The van der Waals surface area contributed by atoms with Crippen LogP contribution in [0.25, 0.3) is 16.0 Å². The third-order valence-electron chi connectivity index (χ3n) is 5.84. The van der Waals surface area contributed by atoms with E-state index in [1.165, 1.54) is 16.2 Å². The lowest BCUT2D eigenvalue weighted by atomic mass is 9.95. The molecule has 0 saturated carbocycles. The van der Waals surface area contributed by atoms with Gasteiger partial charge in [-0.15, -0.1) is 0 Å². The fourth-order valence-electron chi connectivity index (χ4n) is 4.18. The Bertz CT molecular complexity index is 1510. The number of hydrogen-bond donors (Lipinski definition) is 1. The molecule has 1 atom stereocenters. The summed E-state index contributed by atoms with van der Waals surface area (Å²) >= 11 is 7.53. The number of aliphatic hydroxyl groups is 1. The van der Waals surface area contributed by atoms with Crippen molar-refractivity contribution in [3.8, 4) is 11.5 Å². The molecule has 2 heterocycles. The summed E-state index contributed by atoms with van der Waals surface area (Å²) in [5, 5.41) is 12.0. The Morgan fingerprint density at radius 3 is 2.53 bits per heavy atom. The lowest BCUT2D eigenvalue weighted by molar-refractivity contribution is -0.132. The molecule has 1 aromatic heterocycles. The average Bonchev–Trinajstić information content (AvgIpc) is 3.42. The molecule has 5 rings (SSSR count). The number of benzene rings is 3. The molecule has 0 bridgehead atoms. The first-order valence-electron chi connectivity index (χ1n) is 11.2. The molecule has 0 aliphatic carbocycles. The quantitative estimate of drug-likeness (QED) is 0.191. The van der Waals surface area contributed by atoms with E-state index in [0.29, 0.717) is 44.9 Å². The highest BCUT2D eigenvalue weighted by Gasteiger charge is 2.48. The molecule has 1 saturated heterocycles. The third-order valence-corrected chi connectivity index (χ3v) is 7.09. The normalized spacial score (nSPS) is 17.1. The van der Waals surface area contributed by atoms with E-state index in [-0.39, 0.29) is 11.3 Å². The van der Waals surface area contributed by atoms with E-state index >= 15 is 0 Å². The zero-order valence-electron chi connectivity index (χ0n) is 19.4. The van der Waals surface area contributed by atoms with Gasteiger partial charge in [0, 0.05) is 10.6 Å². The van der Waals surface area contributed by atoms with Gasteiger partial charge in [-0.2, -0.15) is 0 Å². The maximum atomic E-state index is 13.4. The van der Waals surface area contributed by atoms with Gasteiger partial charge in [0.2, 0.25) is 0 Å². The molecule has 1 aliphatic rings. The lowest BCUT2D eigenvalue weighted by Gasteiger charge is -2.23. The molecule has 36 heavy (non-hydrogen) atoms. The maximum absolute atomic E-state index is 13.4. The van der Waals surface area contributed by atoms with Crippen LogP contribution in [-0.4, -0.2) is 35.5 Å².